The summed E-state index contributed by atoms with van der Waals surface area (Å²) in [6.45, 7) is 0.654. The summed E-state index contributed by atoms with van der Waals surface area (Å²) < 4.78 is 68.9. The topological polar surface area (TPSA) is 120 Å². The van der Waals surface area contributed by atoms with Crippen LogP contribution >= 0.6 is 0 Å². The molecular weight excluding hydrogens is 557 g/mol. The van der Waals surface area contributed by atoms with E-state index in [1.54, 1.807) is 25.4 Å². The van der Waals surface area contributed by atoms with E-state index in [0.717, 1.165) is 36.6 Å². The Morgan fingerprint density at radius 3 is 2.20 bits per heavy atom. The maximum Gasteiger partial charge on any atom is 0.258 e. The zero-order valence-corrected chi connectivity index (χ0v) is 22.9. The first kappa shape index (κ1) is 27.9. The van der Waals surface area contributed by atoms with E-state index >= 15 is 0 Å². The van der Waals surface area contributed by atoms with Gasteiger partial charge in [-0.05, 0) is 54.3 Å². The fraction of sp³-hybridized carbons (Fsp3) is 0.179. The van der Waals surface area contributed by atoms with Crippen molar-refractivity contribution in [1.29, 1.82) is 0 Å². The van der Waals surface area contributed by atoms with Crippen molar-refractivity contribution < 1.29 is 21.6 Å². The SMILES string of the molecule is Cc1ncc(-c2ncc(-c3cc4c([C@@H](CF)Nc5ccc(F)cc5S(C)(=O)=O)cc(F)cc4c(=O)n3C)cn2)cn1. The van der Waals surface area contributed by atoms with E-state index in [4.69, 9.17) is 0 Å². The highest BCUT2D eigenvalue weighted by Gasteiger charge is 2.23. The largest absolute Gasteiger partial charge is 0.375 e. The van der Waals surface area contributed by atoms with E-state index in [-0.39, 0.29) is 26.9 Å². The molecule has 3 heterocycles. The minimum absolute atomic E-state index is 0.0108. The van der Waals surface area contributed by atoms with Gasteiger partial charge < -0.3 is 9.88 Å². The number of halogens is 3. The summed E-state index contributed by atoms with van der Waals surface area (Å²) in [6.07, 6.45) is 7.08. The second-order valence-electron chi connectivity index (χ2n) is 9.43. The molecule has 0 aliphatic rings. The average Bonchev–Trinajstić information content (AvgIpc) is 2.94. The lowest BCUT2D eigenvalue weighted by Crippen LogP contribution is -2.21. The summed E-state index contributed by atoms with van der Waals surface area (Å²) in [4.78, 5) is 30.0. The van der Waals surface area contributed by atoms with Crippen LogP contribution in [-0.4, -0.2) is 45.9 Å². The molecule has 2 aromatic carbocycles. The molecule has 1 atom stereocenters. The molecule has 0 radical (unpaired) electrons. The normalized spacial score (nSPS) is 12.4. The number of nitrogens with zero attached hydrogens (tertiary/aromatic N) is 5. The van der Waals surface area contributed by atoms with Crippen LogP contribution in [0.2, 0.25) is 0 Å². The molecule has 1 N–H and O–H groups in total. The number of fused-ring (bicyclic) bond motifs is 1. The second kappa shape index (κ2) is 10.7. The molecule has 0 aliphatic heterocycles. The van der Waals surface area contributed by atoms with Crippen LogP contribution in [0.15, 0.2) is 70.9 Å². The minimum atomic E-state index is -3.90. The molecule has 3 aromatic heterocycles. The second-order valence-corrected chi connectivity index (χ2v) is 11.4. The number of pyridine rings is 1. The maximum absolute atomic E-state index is 14.7. The van der Waals surface area contributed by atoms with E-state index in [1.165, 1.54) is 24.0 Å². The van der Waals surface area contributed by atoms with Crippen LogP contribution in [0.5, 0.6) is 0 Å². The number of nitrogens with one attached hydrogen (secondary N) is 1. The molecule has 0 saturated heterocycles. The summed E-state index contributed by atoms with van der Waals surface area (Å²) in [5, 5.41) is 2.98. The van der Waals surface area contributed by atoms with E-state index < -0.39 is 39.7 Å². The molecule has 5 rings (SSSR count). The fourth-order valence-electron chi connectivity index (χ4n) is 4.49. The number of hydrogen-bond donors (Lipinski definition) is 1. The Kier molecular flexibility index (Phi) is 7.30. The van der Waals surface area contributed by atoms with Gasteiger partial charge in [-0.15, -0.1) is 0 Å². The highest BCUT2D eigenvalue weighted by Crippen LogP contribution is 2.32. The molecule has 0 saturated carbocycles. The molecule has 0 bridgehead atoms. The van der Waals surface area contributed by atoms with Crippen LogP contribution in [-0.2, 0) is 16.9 Å². The quantitative estimate of drug-likeness (QED) is 0.298. The Bertz CT molecular complexity index is 1950. The smallest absolute Gasteiger partial charge is 0.258 e. The average molecular weight is 581 g/mol. The number of alkyl halides is 1. The van der Waals surface area contributed by atoms with Crippen LogP contribution in [0, 0.1) is 18.6 Å². The van der Waals surface area contributed by atoms with Crippen LogP contribution < -0.4 is 10.9 Å². The summed E-state index contributed by atoms with van der Waals surface area (Å²) in [7, 11) is -2.39. The molecule has 0 fully saturated rings. The highest BCUT2D eigenvalue weighted by molar-refractivity contribution is 7.90. The van der Waals surface area contributed by atoms with Gasteiger partial charge in [-0.2, -0.15) is 0 Å². The van der Waals surface area contributed by atoms with Gasteiger partial charge in [0.2, 0.25) is 0 Å². The van der Waals surface area contributed by atoms with Gasteiger partial charge in [0.05, 0.1) is 33.3 Å². The predicted molar refractivity (Wildman–Crippen MR) is 148 cm³/mol. The first-order valence-corrected chi connectivity index (χ1v) is 14.1. The van der Waals surface area contributed by atoms with E-state index in [9.17, 15) is 26.4 Å². The first-order valence-electron chi connectivity index (χ1n) is 12.2. The molecule has 9 nitrogen and oxygen atoms in total. The van der Waals surface area contributed by atoms with Crippen molar-refractivity contribution in [2.75, 3.05) is 18.2 Å². The van der Waals surface area contributed by atoms with E-state index in [0.29, 0.717) is 28.5 Å². The summed E-state index contributed by atoms with van der Waals surface area (Å²) in [5.74, 6) is -0.616. The lowest BCUT2D eigenvalue weighted by Gasteiger charge is -2.22. The highest BCUT2D eigenvalue weighted by atomic mass is 32.2. The first-order chi connectivity index (χ1) is 19.5. The van der Waals surface area contributed by atoms with E-state index in [1.807, 2.05) is 0 Å². The van der Waals surface area contributed by atoms with Crippen LogP contribution in [0.3, 0.4) is 0 Å². The minimum Gasteiger partial charge on any atom is -0.375 e. The number of hydrogen-bond acceptors (Lipinski definition) is 8. The lowest BCUT2D eigenvalue weighted by molar-refractivity contribution is 0.452. The molecule has 13 heteroatoms. The Hall–Kier alpha value is -4.65. The van der Waals surface area contributed by atoms with Gasteiger partial charge in [0.1, 0.15) is 24.1 Å². The van der Waals surface area contributed by atoms with Gasteiger partial charge in [0.25, 0.3) is 5.56 Å². The number of benzene rings is 2. The Morgan fingerprint density at radius 2 is 1.56 bits per heavy atom. The van der Waals surface area contributed by atoms with Gasteiger partial charge >= 0.3 is 0 Å². The van der Waals surface area contributed by atoms with E-state index in [2.05, 4.69) is 25.3 Å². The van der Waals surface area contributed by atoms with Gasteiger partial charge in [-0.25, -0.2) is 41.5 Å². The number of aryl methyl sites for hydroxylation is 1. The van der Waals surface area contributed by atoms with Crippen molar-refractivity contribution in [2.24, 2.45) is 7.05 Å². The van der Waals surface area contributed by atoms with Gasteiger partial charge in [0.15, 0.2) is 15.7 Å². The fourth-order valence-corrected chi connectivity index (χ4v) is 5.35. The molecule has 0 amide bonds. The van der Waals surface area contributed by atoms with Crippen molar-refractivity contribution >= 4 is 26.3 Å². The Balaban J connectivity index is 1.63. The van der Waals surface area contributed by atoms with Gasteiger partial charge in [0, 0.05) is 43.7 Å². The zero-order valence-electron chi connectivity index (χ0n) is 22.1. The van der Waals surface area contributed by atoms with Crippen LogP contribution in [0.1, 0.15) is 17.4 Å². The van der Waals surface area contributed by atoms with Gasteiger partial charge in [-0.1, -0.05) is 0 Å². The third-order valence-corrected chi connectivity index (χ3v) is 7.68. The summed E-state index contributed by atoms with van der Waals surface area (Å²) >= 11 is 0. The number of sulfone groups is 1. The number of rotatable bonds is 7. The van der Waals surface area contributed by atoms with Crippen molar-refractivity contribution in [3.63, 3.8) is 0 Å². The monoisotopic (exact) mass is 580 g/mol. The number of aromatic nitrogens is 5. The van der Waals surface area contributed by atoms with Crippen molar-refractivity contribution in [3.05, 3.63) is 94.6 Å². The Labute approximate surface area is 232 Å². The van der Waals surface area contributed by atoms with Crippen molar-refractivity contribution in [3.8, 4) is 22.6 Å². The molecule has 210 valence electrons. The van der Waals surface area contributed by atoms with Crippen molar-refractivity contribution in [2.45, 2.75) is 17.9 Å². The molecular formula is C28H23F3N6O3S. The maximum atomic E-state index is 14.7. The van der Waals surface area contributed by atoms with Crippen molar-refractivity contribution in [1.82, 2.24) is 24.5 Å². The third-order valence-electron chi connectivity index (χ3n) is 6.54. The summed E-state index contributed by atoms with van der Waals surface area (Å²) in [5.41, 5.74) is 0.880. The number of anilines is 1. The zero-order chi connectivity index (χ0) is 29.5. The van der Waals surface area contributed by atoms with Crippen LogP contribution in [0.4, 0.5) is 18.9 Å². The molecule has 0 aliphatic carbocycles. The molecule has 5 aromatic rings. The van der Waals surface area contributed by atoms with Crippen LogP contribution in [0.25, 0.3) is 33.4 Å². The summed E-state index contributed by atoms with van der Waals surface area (Å²) in [6, 6.07) is 5.44. The van der Waals surface area contributed by atoms with Gasteiger partial charge in [-0.3, -0.25) is 4.79 Å². The predicted octanol–water partition coefficient (Wildman–Crippen LogP) is 4.57. The standard InChI is InChI=1S/C28H23F3N6O3S/c1-15-32-13-17(14-33-15)27-34-11-16(12-35-27)25-9-20-21(6-19(31)7-22(20)28(38)37(25)2)24(10-29)36-23-5-4-18(30)8-26(23)41(3,39)40/h4-9,11-14,24,36H,10H2,1-3H3/t24-/m1/s1. The Morgan fingerprint density at radius 1 is 0.902 bits per heavy atom. The molecule has 0 spiro atoms. The molecule has 0 unspecified atom stereocenters. The lowest BCUT2D eigenvalue weighted by atomic mass is 9.98. The molecule has 41 heavy (non-hydrogen) atoms. The third kappa shape index (κ3) is 5.53.